The van der Waals surface area contributed by atoms with Gasteiger partial charge in [-0.15, -0.1) is 0 Å². The molecule has 0 heterocycles. The molecule has 6 heteroatoms. The van der Waals surface area contributed by atoms with Crippen molar-refractivity contribution in [3.8, 4) is 0 Å². The third-order valence-electron chi connectivity index (χ3n) is 3.48. The lowest BCUT2D eigenvalue weighted by molar-refractivity contribution is -0.127. The van der Waals surface area contributed by atoms with Crippen LogP contribution in [-0.4, -0.2) is 50.7 Å². The second kappa shape index (κ2) is 10.6. The number of ether oxygens (including phenoxy) is 1. The van der Waals surface area contributed by atoms with Crippen LogP contribution >= 0.6 is 0 Å². The smallest absolute Gasteiger partial charge is 0.319 e. The number of rotatable bonds is 9. The van der Waals surface area contributed by atoms with Gasteiger partial charge in [0.2, 0.25) is 5.91 Å². The Balaban J connectivity index is 2.40. The molecule has 0 saturated heterocycles. The molecule has 1 rings (SSSR count). The first-order chi connectivity index (χ1) is 11.4. The number of nitrogens with one attached hydrogen (secondary N) is 2. The number of para-hydroxylation sites is 1. The zero-order chi connectivity index (χ0) is 17.9. The summed E-state index contributed by atoms with van der Waals surface area (Å²) in [4.78, 5) is 25.3. The van der Waals surface area contributed by atoms with E-state index in [1.165, 1.54) is 4.90 Å². The van der Waals surface area contributed by atoms with Crippen LogP contribution in [0.2, 0.25) is 0 Å². The van der Waals surface area contributed by atoms with Gasteiger partial charge < -0.3 is 20.3 Å². The van der Waals surface area contributed by atoms with Crippen LogP contribution in [0, 0.1) is 5.92 Å². The van der Waals surface area contributed by atoms with E-state index in [0.29, 0.717) is 31.4 Å². The molecule has 0 bridgehead atoms. The molecule has 6 nitrogen and oxygen atoms in total. The van der Waals surface area contributed by atoms with Crippen molar-refractivity contribution >= 4 is 17.6 Å². The molecule has 0 radical (unpaired) electrons. The highest BCUT2D eigenvalue weighted by atomic mass is 16.5. The summed E-state index contributed by atoms with van der Waals surface area (Å²) >= 11 is 0. The van der Waals surface area contributed by atoms with E-state index in [2.05, 4.69) is 24.5 Å². The van der Waals surface area contributed by atoms with E-state index in [1.807, 2.05) is 18.2 Å². The number of urea groups is 1. The minimum absolute atomic E-state index is 0.0109. The number of carbonyl (C=O) groups excluding carboxylic acids is 2. The fourth-order valence-corrected chi connectivity index (χ4v) is 1.94. The summed E-state index contributed by atoms with van der Waals surface area (Å²) in [6.45, 7) is 5.93. The zero-order valence-electron chi connectivity index (χ0n) is 15.1. The molecule has 0 aliphatic carbocycles. The highest BCUT2D eigenvalue weighted by Crippen LogP contribution is 2.16. The molecule has 3 amide bonds. The van der Waals surface area contributed by atoms with E-state index >= 15 is 0 Å². The van der Waals surface area contributed by atoms with Crippen LogP contribution < -0.4 is 10.6 Å². The minimum atomic E-state index is -0.299. The molecular formula is C18H29N3O3. The van der Waals surface area contributed by atoms with Crippen LogP contribution in [0.5, 0.6) is 0 Å². The van der Waals surface area contributed by atoms with Gasteiger partial charge in [-0.2, -0.15) is 0 Å². The lowest BCUT2D eigenvalue weighted by Gasteiger charge is -2.14. The van der Waals surface area contributed by atoms with Crippen LogP contribution in [0.3, 0.4) is 0 Å². The molecule has 0 aromatic heterocycles. The van der Waals surface area contributed by atoms with Gasteiger partial charge in [-0.25, -0.2) is 4.79 Å². The van der Waals surface area contributed by atoms with E-state index in [9.17, 15) is 9.59 Å². The standard InChI is InChI=1S/C18H29N3O3/c1-14(2)9-11-24-12-10-19-18(23)20-16-8-6-5-7-15(16)13-17(22)21(3)4/h5-8,14H,9-13H2,1-4H3,(H2,19,20,23). The maximum absolute atomic E-state index is 12.0. The van der Waals surface area contributed by atoms with E-state index in [0.717, 1.165) is 12.0 Å². The Bertz CT molecular complexity index is 530. The Hall–Kier alpha value is -2.08. The van der Waals surface area contributed by atoms with Gasteiger partial charge in [0.1, 0.15) is 0 Å². The van der Waals surface area contributed by atoms with E-state index < -0.39 is 0 Å². The number of amides is 3. The summed E-state index contributed by atoms with van der Waals surface area (Å²) < 4.78 is 5.46. The summed E-state index contributed by atoms with van der Waals surface area (Å²) in [6.07, 6.45) is 1.27. The molecule has 1 aromatic rings. The largest absolute Gasteiger partial charge is 0.380 e. The molecule has 0 unspecified atom stereocenters. The molecule has 0 aliphatic heterocycles. The Morgan fingerprint density at radius 1 is 1.17 bits per heavy atom. The molecule has 1 aromatic carbocycles. The van der Waals surface area contributed by atoms with Crippen LogP contribution in [0.15, 0.2) is 24.3 Å². The third-order valence-corrected chi connectivity index (χ3v) is 3.48. The highest BCUT2D eigenvalue weighted by Gasteiger charge is 2.11. The van der Waals surface area contributed by atoms with Gasteiger partial charge in [-0.3, -0.25) is 4.79 Å². The molecule has 0 fully saturated rings. The molecule has 0 spiro atoms. The molecule has 2 N–H and O–H groups in total. The fraction of sp³-hybridized carbons (Fsp3) is 0.556. The quantitative estimate of drug-likeness (QED) is 0.681. The van der Waals surface area contributed by atoms with Gasteiger partial charge in [0, 0.05) is 32.9 Å². The molecular weight excluding hydrogens is 306 g/mol. The summed E-state index contributed by atoms with van der Waals surface area (Å²) in [5.74, 6) is 0.603. The predicted octanol–water partition coefficient (Wildman–Crippen LogP) is 2.50. The summed E-state index contributed by atoms with van der Waals surface area (Å²) in [7, 11) is 3.43. The molecule has 134 valence electrons. The number of hydrogen-bond donors (Lipinski definition) is 2. The Labute approximate surface area is 144 Å². The Morgan fingerprint density at radius 3 is 2.54 bits per heavy atom. The normalized spacial score (nSPS) is 10.5. The molecule has 0 atom stereocenters. The minimum Gasteiger partial charge on any atom is -0.380 e. The molecule has 24 heavy (non-hydrogen) atoms. The van der Waals surface area contributed by atoms with Gasteiger partial charge in [0.25, 0.3) is 0 Å². The Kier molecular flexibility index (Phi) is 8.86. The van der Waals surface area contributed by atoms with Gasteiger partial charge >= 0.3 is 6.03 Å². The van der Waals surface area contributed by atoms with Crippen molar-refractivity contribution in [1.82, 2.24) is 10.2 Å². The van der Waals surface area contributed by atoms with Crippen molar-refractivity contribution in [3.63, 3.8) is 0 Å². The van der Waals surface area contributed by atoms with Crippen LogP contribution in [0.1, 0.15) is 25.8 Å². The lowest BCUT2D eigenvalue weighted by Crippen LogP contribution is -2.32. The van der Waals surface area contributed by atoms with Crippen molar-refractivity contribution in [3.05, 3.63) is 29.8 Å². The van der Waals surface area contributed by atoms with E-state index in [4.69, 9.17) is 4.74 Å². The van der Waals surface area contributed by atoms with Crippen LogP contribution in [-0.2, 0) is 16.0 Å². The maximum Gasteiger partial charge on any atom is 0.319 e. The van der Waals surface area contributed by atoms with Crippen LogP contribution in [0.4, 0.5) is 10.5 Å². The number of carbonyl (C=O) groups is 2. The van der Waals surface area contributed by atoms with E-state index in [1.54, 1.807) is 20.2 Å². The number of benzene rings is 1. The van der Waals surface area contributed by atoms with Gasteiger partial charge in [0.05, 0.1) is 13.0 Å². The van der Waals surface area contributed by atoms with Crippen LogP contribution in [0.25, 0.3) is 0 Å². The SMILES string of the molecule is CC(C)CCOCCNC(=O)Nc1ccccc1CC(=O)N(C)C. The first-order valence-electron chi connectivity index (χ1n) is 8.30. The van der Waals surface area contributed by atoms with Crippen molar-refractivity contribution in [2.45, 2.75) is 26.7 Å². The van der Waals surface area contributed by atoms with Crippen molar-refractivity contribution in [2.24, 2.45) is 5.92 Å². The van der Waals surface area contributed by atoms with Gasteiger partial charge in [-0.1, -0.05) is 32.0 Å². The van der Waals surface area contributed by atoms with E-state index in [-0.39, 0.29) is 18.4 Å². The summed E-state index contributed by atoms with van der Waals surface area (Å²) in [5.41, 5.74) is 1.44. The van der Waals surface area contributed by atoms with Gasteiger partial charge in [-0.05, 0) is 24.0 Å². The first-order valence-corrected chi connectivity index (χ1v) is 8.30. The van der Waals surface area contributed by atoms with Crippen molar-refractivity contribution in [2.75, 3.05) is 39.2 Å². The predicted molar refractivity (Wildman–Crippen MR) is 96.1 cm³/mol. The third kappa shape index (κ3) is 7.97. The first kappa shape index (κ1) is 20.0. The number of hydrogen-bond acceptors (Lipinski definition) is 3. The van der Waals surface area contributed by atoms with Gasteiger partial charge in [0.15, 0.2) is 0 Å². The summed E-state index contributed by atoms with van der Waals surface area (Å²) in [5, 5.41) is 5.54. The van der Waals surface area contributed by atoms with Crippen molar-refractivity contribution in [1.29, 1.82) is 0 Å². The topological polar surface area (TPSA) is 70.7 Å². The van der Waals surface area contributed by atoms with Crippen molar-refractivity contribution < 1.29 is 14.3 Å². The number of likely N-dealkylation sites (N-methyl/N-ethyl adjacent to an activating group) is 1. The number of anilines is 1. The average Bonchev–Trinajstić information content (AvgIpc) is 2.52. The zero-order valence-corrected chi connectivity index (χ0v) is 15.1. The fourth-order valence-electron chi connectivity index (χ4n) is 1.94. The molecule has 0 aliphatic rings. The highest BCUT2D eigenvalue weighted by molar-refractivity contribution is 5.91. The second-order valence-corrected chi connectivity index (χ2v) is 6.30. The monoisotopic (exact) mass is 335 g/mol. The lowest BCUT2D eigenvalue weighted by atomic mass is 10.1. The maximum atomic E-state index is 12.0. The average molecular weight is 335 g/mol. The Morgan fingerprint density at radius 2 is 1.88 bits per heavy atom. The number of nitrogens with zero attached hydrogens (tertiary/aromatic N) is 1. The second-order valence-electron chi connectivity index (χ2n) is 6.30. The summed E-state index contributed by atoms with van der Waals surface area (Å²) in [6, 6.07) is 7.01. The molecule has 0 saturated carbocycles.